The Morgan fingerprint density at radius 2 is 1.89 bits per heavy atom. The number of carbonyl (C=O) groups is 1. The van der Waals surface area contributed by atoms with Crippen molar-refractivity contribution in [1.82, 2.24) is 4.90 Å². The molecule has 4 nitrogen and oxygen atoms in total. The first-order valence-corrected chi connectivity index (χ1v) is 6.54. The number of likely N-dealkylation sites (N-methyl/N-ethyl adjacent to an activating group) is 1. The van der Waals surface area contributed by atoms with Gasteiger partial charge in [-0.2, -0.15) is 0 Å². The van der Waals surface area contributed by atoms with Gasteiger partial charge in [-0.25, -0.2) is 4.79 Å². The van der Waals surface area contributed by atoms with Crippen LogP contribution in [0.1, 0.15) is 39.3 Å². The van der Waals surface area contributed by atoms with Crippen molar-refractivity contribution in [2.45, 2.75) is 39.3 Å². The quantitative estimate of drug-likeness (QED) is 0.910. The molecule has 1 aromatic rings. The Morgan fingerprint density at radius 3 is 2.32 bits per heavy atom. The van der Waals surface area contributed by atoms with Crippen molar-refractivity contribution >= 4 is 6.09 Å². The summed E-state index contributed by atoms with van der Waals surface area (Å²) in [5.41, 5.74) is 0.360. The SMILES string of the molecule is CCN(C(=O)OC(C)(C)C)C(CO)c1ccccc1. The van der Waals surface area contributed by atoms with Crippen LogP contribution in [0.2, 0.25) is 0 Å². The predicted molar refractivity (Wildman–Crippen MR) is 74.9 cm³/mol. The van der Waals surface area contributed by atoms with Gasteiger partial charge in [0, 0.05) is 6.54 Å². The van der Waals surface area contributed by atoms with Gasteiger partial charge in [0.2, 0.25) is 0 Å². The van der Waals surface area contributed by atoms with Gasteiger partial charge in [-0.15, -0.1) is 0 Å². The molecule has 0 saturated heterocycles. The first-order valence-electron chi connectivity index (χ1n) is 6.54. The van der Waals surface area contributed by atoms with Crippen LogP contribution >= 0.6 is 0 Å². The van der Waals surface area contributed by atoms with Crippen LogP contribution in [0.15, 0.2) is 30.3 Å². The highest BCUT2D eigenvalue weighted by atomic mass is 16.6. The molecule has 0 fully saturated rings. The predicted octanol–water partition coefficient (Wildman–Crippen LogP) is 2.98. The van der Waals surface area contributed by atoms with Gasteiger partial charge < -0.3 is 9.84 Å². The van der Waals surface area contributed by atoms with E-state index in [4.69, 9.17) is 4.74 Å². The Labute approximate surface area is 115 Å². The third-order valence-corrected chi connectivity index (χ3v) is 2.70. The minimum Gasteiger partial charge on any atom is -0.444 e. The molecular weight excluding hydrogens is 242 g/mol. The number of hydrogen-bond acceptors (Lipinski definition) is 3. The normalized spacial score (nSPS) is 12.9. The highest BCUT2D eigenvalue weighted by molar-refractivity contribution is 5.68. The molecule has 1 atom stereocenters. The minimum atomic E-state index is -0.540. The number of hydrogen-bond donors (Lipinski definition) is 1. The molecule has 1 aromatic carbocycles. The average Bonchev–Trinajstić information content (AvgIpc) is 2.34. The van der Waals surface area contributed by atoms with E-state index in [1.807, 2.05) is 58.0 Å². The van der Waals surface area contributed by atoms with Gasteiger partial charge >= 0.3 is 6.09 Å². The van der Waals surface area contributed by atoms with E-state index in [0.29, 0.717) is 6.54 Å². The molecule has 4 heteroatoms. The fourth-order valence-electron chi connectivity index (χ4n) is 1.86. The van der Waals surface area contributed by atoms with E-state index in [-0.39, 0.29) is 12.6 Å². The van der Waals surface area contributed by atoms with Gasteiger partial charge in [0.05, 0.1) is 12.6 Å². The second-order valence-corrected chi connectivity index (χ2v) is 5.38. The molecule has 0 aliphatic carbocycles. The van der Waals surface area contributed by atoms with Crippen LogP contribution < -0.4 is 0 Å². The zero-order chi connectivity index (χ0) is 14.5. The Bertz CT molecular complexity index is 398. The summed E-state index contributed by atoms with van der Waals surface area (Å²) in [6.07, 6.45) is -0.405. The maximum Gasteiger partial charge on any atom is 0.410 e. The zero-order valence-corrected chi connectivity index (χ0v) is 12.1. The summed E-state index contributed by atoms with van der Waals surface area (Å²) in [6, 6.07) is 9.10. The molecule has 0 saturated carbocycles. The lowest BCUT2D eigenvalue weighted by atomic mass is 10.1. The van der Waals surface area contributed by atoms with E-state index in [1.165, 1.54) is 0 Å². The van der Waals surface area contributed by atoms with Gasteiger partial charge in [0.1, 0.15) is 5.60 Å². The number of amides is 1. The number of aliphatic hydroxyl groups is 1. The van der Waals surface area contributed by atoms with Crippen LogP contribution in [0, 0.1) is 0 Å². The summed E-state index contributed by atoms with van der Waals surface area (Å²) in [7, 11) is 0. The third kappa shape index (κ3) is 4.56. The molecule has 0 aliphatic rings. The zero-order valence-electron chi connectivity index (χ0n) is 12.1. The molecule has 1 N–H and O–H groups in total. The summed E-state index contributed by atoms with van der Waals surface area (Å²) in [6.45, 7) is 7.71. The molecule has 106 valence electrons. The van der Waals surface area contributed by atoms with Gasteiger partial charge in [-0.1, -0.05) is 30.3 Å². The molecule has 0 heterocycles. The molecule has 0 radical (unpaired) electrons. The summed E-state index contributed by atoms with van der Waals surface area (Å²) in [4.78, 5) is 13.7. The summed E-state index contributed by atoms with van der Waals surface area (Å²) in [5, 5.41) is 9.58. The molecule has 0 spiro atoms. The fourth-order valence-corrected chi connectivity index (χ4v) is 1.86. The van der Waals surface area contributed by atoms with Gasteiger partial charge in [0.15, 0.2) is 0 Å². The second-order valence-electron chi connectivity index (χ2n) is 5.38. The van der Waals surface area contributed by atoms with Crippen molar-refractivity contribution in [1.29, 1.82) is 0 Å². The van der Waals surface area contributed by atoms with Crippen LogP contribution in [-0.4, -0.2) is 34.9 Å². The molecule has 1 rings (SSSR count). The molecule has 0 aliphatic heterocycles. The van der Waals surface area contributed by atoms with E-state index in [2.05, 4.69) is 0 Å². The van der Waals surface area contributed by atoms with Gasteiger partial charge in [0.25, 0.3) is 0 Å². The number of aliphatic hydroxyl groups excluding tert-OH is 1. The maximum atomic E-state index is 12.2. The number of ether oxygens (including phenoxy) is 1. The molecule has 0 bridgehead atoms. The third-order valence-electron chi connectivity index (χ3n) is 2.70. The van der Waals surface area contributed by atoms with Crippen molar-refractivity contribution in [3.8, 4) is 0 Å². The maximum absolute atomic E-state index is 12.2. The second kappa shape index (κ2) is 6.57. The van der Waals surface area contributed by atoms with E-state index in [0.717, 1.165) is 5.56 Å². The van der Waals surface area contributed by atoms with Crippen molar-refractivity contribution in [2.75, 3.05) is 13.2 Å². The van der Waals surface area contributed by atoms with Crippen molar-refractivity contribution in [3.05, 3.63) is 35.9 Å². The smallest absolute Gasteiger partial charge is 0.410 e. The Kier molecular flexibility index (Phi) is 5.36. The Morgan fingerprint density at radius 1 is 1.32 bits per heavy atom. The van der Waals surface area contributed by atoms with Crippen LogP contribution in [-0.2, 0) is 4.74 Å². The highest BCUT2D eigenvalue weighted by Crippen LogP contribution is 2.22. The summed E-state index contributed by atoms with van der Waals surface area (Å²) < 4.78 is 5.37. The molecule has 1 unspecified atom stereocenters. The number of benzene rings is 1. The van der Waals surface area contributed by atoms with E-state index < -0.39 is 11.7 Å². The van der Waals surface area contributed by atoms with Crippen molar-refractivity contribution < 1.29 is 14.6 Å². The topological polar surface area (TPSA) is 49.8 Å². The number of carbonyl (C=O) groups excluding carboxylic acids is 1. The van der Waals surface area contributed by atoms with Gasteiger partial charge in [-0.3, -0.25) is 4.90 Å². The van der Waals surface area contributed by atoms with Gasteiger partial charge in [-0.05, 0) is 33.3 Å². The molecule has 1 amide bonds. The lowest BCUT2D eigenvalue weighted by Gasteiger charge is -2.32. The fraction of sp³-hybridized carbons (Fsp3) is 0.533. The van der Waals surface area contributed by atoms with Crippen LogP contribution in [0.5, 0.6) is 0 Å². The van der Waals surface area contributed by atoms with Crippen LogP contribution in [0.25, 0.3) is 0 Å². The molecule has 19 heavy (non-hydrogen) atoms. The Hall–Kier alpha value is -1.55. The summed E-state index contributed by atoms with van der Waals surface area (Å²) in [5.74, 6) is 0. The lowest BCUT2D eigenvalue weighted by molar-refractivity contribution is 0.0103. The van der Waals surface area contributed by atoms with E-state index in [1.54, 1.807) is 4.90 Å². The first-order chi connectivity index (χ1) is 8.89. The molecular formula is C15H23NO3. The Balaban J connectivity index is 2.91. The van der Waals surface area contributed by atoms with Crippen LogP contribution in [0.3, 0.4) is 0 Å². The monoisotopic (exact) mass is 265 g/mol. The lowest BCUT2D eigenvalue weighted by Crippen LogP contribution is -2.40. The minimum absolute atomic E-state index is 0.128. The largest absolute Gasteiger partial charge is 0.444 e. The average molecular weight is 265 g/mol. The standard InChI is InChI=1S/C15H23NO3/c1-5-16(14(18)19-15(2,3)4)13(11-17)12-9-7-6-8-10-12/h6-10,13,17H,5,11H2,1-4H3. The number of rotatable bonds is 4. The summed E-state index contributed by atoms with van der Waals surface area (Å²) >= 11 is 0. The first kappa shape index (κ1) is 15.5. The van der Waals surface area contributed by atoms with E-state index >= 15 is 0 Å². The van der Waals surface area contributed by atoms with Crippen molar-refractivity contribution in [3.63, 3.8) is 0 Å². The number of nitrogens with zero attached hydrogens (tertiary/aromatic N) is 1. The van der Waals surface area contributed by atoms with Crippen molar-refractivity contribution in [2.24, 2.45) is 0 Å². The van der Waals surface area contributed by atoms with E-state index in [9.17, 15) is 9.90 Å². The van der Waals surface area contributed by atoms with Crippen LogP contribution in [0.4, 0.5) is 4.79 Å². The molecule has 0 aromatic heterocycles. The highest BCUT2D eigenvalue weighted by Gasteiger charge is 2.27.